The summed E-state index contributed by atoms with van der Waals surface area (Å²) in [5, 5.41) is 65.8. The van der Waals surface area contributed by atoms with Gasteiger partial charge in [0.2, 0.25) is 0 Å². The zero-order valence-corrected chi connectivity index (χ0v) is 76.8. The summed E-state index contributed by atoms with van der Waals surface area (Å²) in [7, 11) is 3.61. The molecule has 4 aromatic carbocycles. The van der Waals surface area contributed by atoms with Crippen molar-refractivity contribution in [1.29, 1.82) is 21.0 Å². The number of phenolic OH excluding ortho intramolecular Hbond substituents is 1. The number of hydrogen-bond donors (Lipinski definition) is 5. The molecule has 6 unspecified atom stereocenters. The summed E-state index contributed by atoms with van der Waals surface area (Å²) < 4.78 is 81.3. The number of esters is 3. The summed E-state index contributed by atoms with van der Waals surface area (Å²) >= 11 is 9.46. The monoisotopic (exact) mass is 1920 g/mol. The van der Waals surface area contributed by atoms with Crippen molar-refractivity contribution in [1.82, 2.24) is 58.7 Å². The van der Waals surface area contributed by atoms with Gasteiger partial charge in [0.1, 0.15) is 52.5 Å². The van der Waals surface area contributed by atoms with Crippen LogP contribution in [0, 0.1) is 99.0 Å². The molecule has 4 amide bonds. The zero-order valence-electron chi connectivity index (χ0n) is 74.5. The Bertz CT molecular complexity index is 6070. The number of rotatable bonds is 29. The van der Waals surface area contributed by atoms with E-state index in [1.165, 1.54) is 84.5 Å². The van der Waals surface area contributed by atoms with Crippen LogP contribution >= 0.6 is 27.5 Å². The van der Waals surface area contributed by atoms with Crippen LogP contribution in [-0.2, 0) is 107 Å². The number of halogens is 6. The van der Waals surface area contributed by atoms with E-state index in [-0.39, 0.29) is 135 Å². The Kier molecular flexibility index (Phi) is 34.1. The number of carbonyl (C=O) groups excluding carboxylic acids is 8. The molecule has 134 heavy (non-hydrogen) atoms. The zero-order chi connectivity index (χ0) is 96.9. The average Bonchev–Trinajstić information content (AvgIpc) is 1.56. The molecule has 8 aromatic rings. The van der Waals surface area contributed by atoms with Crippen molar-refractivity contribution in [2.45, 2.75) is 183 Å². The molecule has 38 heteroatoms. The minimum atomic E-state index is -1.56. The summed E-state index contributed by atoms with van der Waals surface area (Å²) in [4.78, 5) is 103. The van der Waals surface area contributed by atoms with Gasteiger partial charge in [-0.15, -0.1) is 12.3 Å². The van der Waals surface area contributed by atoms with Crippen LogP contribution in [0.15, 0.2) is 108 Å². The molecule has 2 aliphatic carbocycles. The third-order valence-corrected chi connectivity index (χ3v) is 26.1. The lowest BCUT2D eigenvalue weighted by atomic mass is 9.83. The number of terminal acetylenes is 1. The number of ketones is 1. The SMILES string of the molecule is C#Cc1ccc(CN2CCC(CC#N)(n3cc(C(N)=O)c(CC(=O)OC)n3)C(F)C2)c(F)c1.CC#Cc1ccc(CN2CCC(CC#N)(n3cc(C(N)=O)c(CC(=O)OC)n3)C(F)C2)cc1.COC(=O)Cc1nn(C2(CC#N)CCN(Cc3cc(O)c(Br)cc3Cl)CC2F)cc1C(N)=O.N#CCC1(n2cc(C(N)=O)c(CC(=O)C3CC3)n2)CCN(Cc2ccc(C#CC3CC3)cc2)CC1. The second-order valence-electron chi connectivity index (χ2n) is 34.0. The fraction of sp³-hybridized carbons (Fsp3) is 0.438. The number of piperidine rings is 4. The highest BCUT2D eigenvalue weighted by Gasteiger charge is 2.51. The Labute approximate surface area is 785 Å². The van der Waals surface area contributed by atoms with Gasteiger partial charge in [0.15, 0.2) is 0 Å². The lowest BCUT2D eigenvalue weighted by Gasteiger charge is -2.43. The molecular weight excluding hydrogens is 1820 g/mol. The van der Waals surface area contributed by atoms with E-state index in [1.54, 1.807) is 40.9 Å². The number of ether oxygens (including phenoxy) is 3. The molecule has 4 saturated heterocycles. The number of methoxy groups -OCH3 is 3. The number of carbonyl (C=O) groups is 8. The Morgan fingerprint density at radius 3 is 1.25 bits per heavy atom. The topological polar surface area (TPSA) is 468 Å². The Balaban J connectivity index is 0.000000172. The van der Waals surface area contributed by atoms with Crippen LogP contribution in [-0.4, -0.2) is 203 Å². The number of aromatic hydroxyl groups is 1. The van der Waals surface area contributed by atoms with Crippen LogP contribution in [0.4, 0.5) is 17.6 Å². The standard InChI is InChI=1S/C28H31N5O2.C24H26FN5O3.C23H23F2N5O3.C21H22BrClFN5O4/c29-14-11-28(33-19-24(27(30)35)25(31-33)17-26(34)23-9-10-23)12-15-32(16-13-28)18-22-7-5-21(6-8-22)4-3-20-1-2-20;1-3-4-17-5-7-18(8-6-17)14-29-12-10-24(9-11-26,21(25)16-29)30-15-19(23(27)32)20(28-30)13-22(31)33-2;1-3-15-4-5-16(18(24)10-15)12-29-9-7-23(6-8-26,20(25)14-29)30-13-17(22(27)32)19(28-30)11-21(31)33-2;1-33-19(31)8-16-13(20(26)32)10-29(27-16)21(2-4-25)3-5-28(11-18(21)24)9-12-6-17(30)14(22)7-15(12)23/h5-8,19-20,23H,1-2,9-13,15-18H2,(H2,30,35);5-8,15,21H,9-10,12-14,16H2,1-2H3,(H2,27,32);1,4-5,10,13,20H,6-7,9,11-12,14H2,2H3,(H2,27,32);6-7,10,18,30H,2-3,5,8-9,11H2,1H3,(H2,26,32). The predicted octanol–water partition coefficient (Wildman–Crippen LogP) is 9.43. The number of alkyl halides is 3. The minimum Gasteiger partial charge on any atom is -0.507 e. The number of benzene rings is 4. The normalized spacial score (nSPS) is 20.3. The summed E-state index contributed by atoms with van der Waals surface area (Å²) in [6, 6.07) is 32.2. The minimum absolute atomic E-state index is 0.0163. The van der Waals surface area contributed by atoms with E-state index >= 15 is 13.2 Å². The van der Waals surface area contributed by atoms with Gasteiger partial charge < -0.3 is 42.3 Å². The van der Waals surface area contributed by atoms with Gasteiger partial charge in [-0.05, 0) is 146 Å². The maximum Gasteiger partial charge on any atom is 0.311 e. The molecule has 2 saturated carbocycles. The third kappa shape index (κ3) is 24.7. The summed E-state index contributed by atoms with van der Waals surface area (Å²) in [6.45, 7) is 6.50. The van der Waals surface area contributed by atoms with Crippen molar-refractivity contribution in [2.75, 3.05) is 73.7 Å². The van der Waals surface area contributed by atoms with Crippen molar-refractivity contribution in [2.24, 2.45) is 34.8 Å². The molecule has 8 heterocycles. The maximum atomic E-state index is 15.7. The molecule has 9 N–H and O–H groups in total. The quantitative estimate of drug-likeness (QED) is 0.0126. The largest absolute Gasteiger partial charge is 0.507 e. The maximum absolute atomic E-state index is 15.7. The van der Waals surface area contributed by atoms with Crippen LogP contribution in [0.2, 0.25) is 5.02 Å². The Morgan fingerprint density at radius 2 is 0.873 bits per heavy atom. The van der Waals surface area contributed by atoms with Crippen molar-refractivity contribution in [3.8, 4) is 66.1 Å². The van der Waals surface area contributed by atoms with Gasteiger partial charge in [-0.25, -0.2) is 17.6 Å². The average molecular weight is 1920 g/mol. The molecule has 700 valence electrons. The summed E-state index contributed by atoms with van der Waals surface area (Å²) in [5.74, 6) is 10.3. The first-order valence-electron chi connectivity index (χ1n) is 43.2. The van der Waals surface area contributed by atoms with Crippen LogP contribution in [0.25, 0.3) is 0 Å². The van der Waals surface area contributed by atoms with Crippen LogP contribution < -0.4 is 22.9 Å². The molecule has 6 fully saturated rings. The number of nitriles is 4. The van der Waals surface area contributed by atoms with Gasteiger partial charge >= 0.3 is 17.9 Å². The van der Waals surface area contributed by atoms with E-state index in [1.807, 2.05) is 46.2 Å². The smallest absolute Gasteiger partial charge is 0.311 e. The van der Waals surface area contributed by atoms with Gasteiger partial charge in [-0.3, -0.25) is 76.7 Å². The van der Waals surface area contributed by atoms with E-state index in [9.17, 15) is 68.9 Å². The van der Waals surface area contributed by atoms with Gasteiger partial charge in [-0.1, -0.05) is 65.6 Å². The highest BCUT2D eigenvalue weighted by atomic mass is 79.9. The number of Topliss-reactive ketones (excluding diaryl/α,β-unsaturated/α-hetero) is 1. The van der Waals surface area contributed by atoms with Crippen LogP contribution in [0.5, 0.6) is 5.75 Å². The number of nitrogens with zero attached hydrogens (tertiary/aromatic N) is 16. The number of aromatic nitrogens is 8. The molecule has 0 spiro atoms. The molecule has 4 aromatic heterocycles. The molecule has 6 aliphatic rings. The van der Waals surface area contributed by atoms with Crippen LogP contribution in [0.3, 0.4) is 0 Å². The Morgan fingerprint density at radius 1 is 0.500 bits per heavy atom. The number of phenols is 1. The van der Waals surface area contributed by atoms with Crippen molar-refractivity contribution >= 4 is 74.9 Å². The van der Waals surface area contributed by atoms with Crippen LogP contribution in [0.1, 0.15) is 194 Å². The molecule has 0 radical (unpaired) electrons. The second kappa shape index (κ2) is 45.3. The molecule has 4 aliphatic heterocycles. The molecule has 6 atom stereocenters. The Hall–Kier alpha value is -13.6. The third-order valence-electron chi connectivity index (χ3n) is 25.1. The number of primary amides is 4. The molecule has 14 rings (SSSR count). The van der Waals surface area contributed by atoms with Gasteiger partial charge in [0.05, 0.1) is 152 Å². The van der Waals surface area contributed by atoms with E-state index in [2.05, 4.69) is 121 Å². The van der Waals surface area contributed by atoms with Gasteiger partial charge in [0.25, 0.3) is 23.6 Å². The van der Waals surface area contributed by atoms with Crippen molar-refractivity contribution in [3.05, 3.63) is 203 Å². The molecule has 0 bridgehead atoms. The number of nitrogens with two attached hydrogens (primary N) is 4. The number of hydrogen-bond acceptors (Lipinski definition) is 24. The lowest BCUT2D eigenvalue weighted by Crippen LogP contribution is -2.54. The van der Waals surface area contributed by atoms with E-state index in [0.29, 0.717) is 88.9 Å². The second-order valence-corrected chi connectivity index (χ2v) is 35.3. The van der Waals surface area contributed by atoms with Gasteiger partial charge in [0, 0.05) is 142 Å². The van der Waals surface area contributed by atoms with Crippen molar-refractivity contribution in [3.63, 3.8) is 0 Å². The summed E-state index contributed by atoms with van der Waals surface area (Å²) in [6.07, 6.45) is 11.8. The van der Waals surface area contributed by atoms with E-state index in [0.717, 1.165) is 62.0 Å². The number of likely N-dealkylation sites (tertiary alicyclic amines) is 4. The fourth-order valence-electron chi connectivity index (χ4n) is 16.9. The fourth-order valence-corrected chi connectivity index (χ4v) is 17.6. The van der Waals surface area contributed by atoms with E-state index < -0.39 is 88.0 Å². The summed E-state index contributed by atoms with van der Waals surface area (Å²) in [5.41, 5.74) is 24.0. The first-order chi connectivity index (χ1) is 64.1. The van der Waals surface area contributed by atoms with E-state index in [4.69, 9.17) is 41.0 Å². The highest BCUT2D eigenvalue weighted by Crippen LogP contribution is 2.43. The first kappa shape index (κ1) is 101. The molecular formula is C96H102BrClF4N20O12. The first-order valence-corrected chi connectivity index (χ1v) is 44.4. The lowest BCUT2D eigenvalue weighted by molar-refractivity contribution is -0.140. The molecule has 32 nitrogen and oxygen atoms in total. The predicted molar refractivity (Wildman–Crippen MR) is 483 cm³/mol. The van der Waals surface area contributed by atoms with Crippen molar-refractivity contribution < 1.29 is 75.2 Å². The van der Waals surface area contributed by atoms with Gasteiger partial charge in [-0.2, -0.15) is 41.4 Å². The highest BCUT2D eigenvalue weighted by molar-refractivity contribution is 9.10. The number of amides is 4.